The topological polar surface area (TPSA) is 53.2 Å². The van der Waals surface area contributed by atoms with Gasteiger partial charge in [0, 0.05) is 0 Å². The number of hydrogen-bond acceptors (Lipinski definition) is 3. The summed E-state index contributed by atoms with van der Waals surface area (Å²) < 4.78 is 41.8. The number of nitrogens with zero attached hydrogens (tertiary/aromatic N) is 1. The number of benzene rings is 1. The Bertz CT molecular complexity index is 435. The van der Waals surface area contributed by atoms with Gasteiger partial charge in [-0.05, 0) is 19.1 Å². The molecule has 0 bridgehead atoms. The molecule has 0 aliphatic heterocycles. The van der Waals surface area contributed by atoms with E-state index in [0.29, 0.717) is 6.92 Å². The van der Waals surface area contributed by atoms with Crippen LogP contribution in [0.25, 0.3) is 0 Å². The van der Waals surface area contributed by atoms with Crippen molar-refractivity contribution >= 4 is 0 Å². The lowest BCUT2D eigenvalue weighted by Gasteiger charge is -2.26. The van der Waals surface area contributed by atoms with Gasteiger partial charge in [-0.2, -0.15) is 18.4 Å². The van der Waals surface area contributed by atoms with Gasteiger partial charge in [-0.15, -0.1) is 0 Å². The van der Waals surface area contributed by atoms with Gasteiger partial charge in [0.05, 0.1) is 5.56 Å². The lowest BCUT2D eigenvalue weighted by Crippen LogP contribution is -2.47. The quantitative estimate of drug-likeness (QED) is 0.888. The molecule has 1 N–H and O–H groups in total. The Morgan fingerprint density at radius 2 is 1.94 bits per heavy atom. The lowest BCUT2D eigenvalue weighted by molar-refractivity contribution is -0.260. The number of alkyl halides is 3. The summed E-state index contributed by atoms with van der Waals surface area (Å²) >= 11 is 0. The highest BCUT2D eigenvalue weighted by Gasteiger charge is 2.50. The molecule has 1 aromatic rings. The second-order valence-electron chi connectivity index (χ2n) is 3.67. The molecule has 0 fully saturated rings. The van der Waals surface area contributed by atoms with Crippen LogP contribution in [0.15, 0.2) is 24.3 Å². The Hall–Kier alpha value is -1.74. The molecule has 1 atom stereocenters. The van der Waals surface area contributed by atoms with E-state index in [0.717, 1.165) is 0 Å². The molecule has 92 valence electrons. The second-order valence-corrected chi connectivity index (χ2v) is 3.67. The van der Waals surface area contributed by atoms with Crippen molar-refractivity contribution in [3.63, 3.8) is 0 Å². The molecule has 0 aliphatic carbocycles. The van der Waals surface area contributed by atoms with Crippen LogP contribution < -0.4 is 4.74 Å². The Morgan fingerprint density at radius 3 is 2.47 bits per heavy atom. The van der Waals surface area contributed by atoms with Crippen LogP contribution in [0.5, 0.6) is 5.75 Å². The summed E-state index contributed by atoms with van der Waals surface area (Å²) in [7, 11) is 0. The highest BCUT2D eigenvalue weighted by molar-refractivity contribution is 5.42. The molecule has 0 heterocycles. The average Bonchev–Trinajstić information content (AvgIpc) is 2.25. The first-order valence-corrected chi connectivity index (χ1v) is 4.69. The molecular formula is C11H10F3NO2. The van der Waals surface area contributed by atoms with Gasteiger partial charge in [-0.25, -0.2) is 0 Å². The minimum atomic E-state index is -4.78. The Morgan fingerprint density at radius 1 is 1.35 bits per heavy atom. The van der Waals surface area contributed by atoms with Crippen molar-refractivity contribution in [3.05, 3.63) is 29.8 Å². The Balaban J connectivity index is 2.78. The molecule has 1 rings (SSSR count). The van der Waals surface area contributed by atoms with Crippen LogP contribution in [0.1, 0.15) is 12.5 Å². The summed E-state index contributed by atoms with van der Waals surface area (Å²) in [6, 6.07) is 7.65. The molecule has 1 aromatic carbocycles. The van der Waals surface area contributed by atoms with Crippen molar-refractivity contribution in [1.29, 1.82) is 5.26 Å². The highest BCUT2D eigenvalue weighted by atomic mass is 19.4. The SMILES string of the molecule is CC(O)(COc1ccccc1C#N)C(F)(F)F. The number of rotatable bonds is 3. The number of hydrogen-bond donors (Lipinski definition) is 1. The van der Waals surface area contributed by atoms with E-state index >= 15 is 0 Å². The van der Waals surface area contributed by atoms with E-state index < -0.39 is 18.4 Å². The summed E-state index contributed by atoms with van der Waals surface area (Å²) in [6.45, 7) is -0.350. The van der Waals surface area contributed by atoms with Gasteiger partial charge in [0.1, 0.15) is 18.4 Å². The molecule has 3 nitrogen and oxygen atoms in total. The van der Waals surface area contributed by atoms with Crippen LogP contribution in [0.4, 0.5) is 13.2 Å². The van der Waals surface area contributed by atoms with Crippen molar-refractivity contribution in [2.75, 3.05) is 6.61 Å². The summed E-state index contributed by atoms with van der Waals surface area (Å²) in [5.74, 6) is 0.0134. The smallest absolute Gasteiger partial charge is 0.420 e. The minimum Gasteiger partial charge on any atom is -0.489 e. The minimum absolute atomic E-state index is 0.0134. The zero-order chi connectivity index (χ0) is 13.1. The van der Waals surface area contributed by atoms with Crippen LogP contribution in [-0.4, -0.2) is 23.5 Å². The third kappa shape index (κ3) is 3.11. The van der Waals surface area contributed by atoms with Crippen LogP contribution in [-0.2, 0) is 0 Å². The monoisotopic (exact) mass is 245 g/mol. The normalized spacial score (nSPS) is 14.8. The van der Waals surface area contributed by atoms with Crippen molar-refractivity contribution in [2.24, 2.45) is 0 Å². The van der Waals surface area contributed by atoms with E-state index in [1.165, 1.54) is 18.2 Å². The van der Waals surface area contributed by atoms with Gasteiger partial charge in [0.15, 0.2) is 5.60 Å². The molecule has 1 unspecified atom stereocenters. The molecular weight excluding hydrogens is 235 g/mol. The number of aliphatic hydroxyl groups is 1. The molecule has 0 saturated carbocycles. The molecule has 0 aromatic heterocycles. The number of ether oxygens (including phenoxy) is 1. The first-order valence-electron chi connectivity index (χ1n) is 4.69. The zero-order valence-corrected chi connectivity index (χ0v) is 8.95. The van der Waals surface area contributed by atoms with Gasteiger partial charge in [-0.1, -0.05) is 12.1 Å². The van der Waals surface area contributed by atoms with Gasteiger partial charge < -0.3 is 9.84 Å². The molecule has 0 radical (unpaired) electrons. The molecule has 17 heavy (non-hydrogen) atoms. The molecule has 0 saturated heterocycles. The van der Waals surface area contributed by atoms with Gasteiger partial charge in [-0.3, -0.25) is 0 Å². The first-order chi connectivity index (χ1) is 7.78. The summed E-state index contributed by atoms with van der Waals surface area (Å²) in [4.78, 5) is 0. The summed E-state index contributed by atoms with van der Waals surface area (Å²) in [6.07, 6.45) is -4.78. The average molecular weight is 245 g/mol. The molecule has 6 heteroatoms. The molecule has 0 aliphatic rings. The van der Waals surface area contributed by atoms with Crippen molar-refractivity contribution in [1.82, 2.24) is 0 Å². The van der Waals surface area contributed by atoms with E-state index in [4.69, 9.17) is 15.1 Å². The maximum atomic E-state index is 12.3. The Kier molecular flexibility index (Phi) is 3.63. The Labute approximate surface area is 96.1 Å². The third-order valence-corrected chi connectivity index (χ3v) is 2.13. The maximum Gasteiger partial charge on any atom is 0.420 e. The summed E-state index contributed by atoms with van der Waals surface area (Å²) in [5, 5.41) is 17.8. The van der Waals surface area contributed by atoms with Crippen LogP contribution in [0, 0.1) is 11.3 Å². The molecule has 0 spiro atoms. The zero-order valence-electron chi connectivity index (χ0n) is 8.95. The van der Waals surface area contributed by atoms with Crippen molar-refractivity contribution < 1.29 is 23.0 Å². The van der Waals surface area contributed by atoms with Gasteiger partial charge >= 0.3 is 6.18 Å². The van der Waals surface area contributed by atoms with Gasteiger partial charge in [0.2, 0.25) is 0 Å². The fraction of sp³-hybridized carbons (Fsp3) is 0.364. The van der Waals surface area contributed by atoms with E-state index in [1.54, 1.807) is 12.1 Å². The number of halogens is 3. The number of nitriles is 1. The predicted octanol–water partition coefficient (Wildman–Crippen LogP) is 2.25. The fourth-order valence-electron chi connectivity index (χ4n) is 0.985. The molecule has 0 amide bonds. The summed E-state index contributed by atoms with van der Waals surface area (Å²) in [5.41, 5.74) is -2.83. The van der Waals surface area contributed by atoms with Crippen LogP contribution >= 0.6 is 0 Å². The number of para-hydroxylation sites is 1. The fourth-order valence-corrected chi connectivity index (χ4v) is 0.985. The second kappa shape index (κ2) is 4.63. The first kappa shape index (κ1) is 13.3. The van der Waals surface area contributed by atoms with Crippen LogP contribution in [0.3, 0.4) is 0 Å². The largest absolute Gasteiger partial charge is 0.489 e. The van der Waals surface area contributed by atoms with Crippen molar-refractivity contribution in [2.45, 2.75) is 18.7 Å². The lowest BCUT2D eigenvalue weighted by atomic mass is 10.1. The maximum absolute atomic E-state index is 12.3. The predicted molar refractivity (Wildman–Crippen MR) is 53.3 cm³/mol. The standard InChI is InChI=1S/C11H10F3NO2/c1-10(16,11(12,13)14)7-17-9-5-3-2-4-8(9)6-15/h2-5,16H,7H2,1H3. The van der Waals surface area contributed by atoms with E-state index in [2.05, 4.69) is 0 Å². The van der Waals surface area contributed by atoms with E-state index in [-0.39, 0.29) is 11.3 Å². The van der Waals surface area contributed by atoms with E-state index in [9.17, 15) is 13.2 Å². The van der Waals surface area contributed by atoms with Crippen LogP contribution in [0.2, 0.25) is 0 Å². The van der Waals surface area contributed by atoms with Gasteiger partial charge in [0.25, 0.3) is 0 Å². The van der Waals surface area contributed by atoms with E-state index in [1.807, 2.05) is 0 Å². The highest BCUT2D eigenvalue weighted by Crippen LogP contribution is 2.30. The van der Waals surface area contributed by atoms with Crippen molar-refractivity contribution in [3.8, 4) is 11.8 Å². The third-order valence-electron chi connectivity index (χ3n) is 2.13.